The van der Waals surface area contributed by atoms with E-state index >= 15 is 0 Å². The highest BCUT2D eigenvalue weighted by Gasteiger charge is 2.22. The van der Waals surface area contributed by atoms with Gasteiger partial charge in [0.1, 0.15) is 11.6 Å². The van der Waals surface area contributed by atoms with Crippen molar-refractivity contribution in [2.75, 3.05) is 5.32 Å². The maximum Gasteiger partial charge on any atom is 0.137 e. The van der Waals surface area contributed by atoms with Crippen LogP contribution in [0.4, 0.5) is 5.82 Å². The summed E-state index contributed by atoms with van der Waals surface area (Å²) in [6.45, 7) is 2.06. The molecule has 0 amide bonds. The van der Waals surface area contributed by atoms with Gasteiger partial charge in [-0.05, 0) is 31.0 Å². The normalized spacial score (nSPS) is 15.2. The molecular weight excluding hydrogens is 234 g/mol. The van der Waals surface area contributed by atoms with Gasteiger partial charge in [0.2, 0.25) is 0 Å². The van der Waals surface area contributed by atoms with Gasteiger partial charge >= 0.3 is 0 Å². The van der Waals surface area contributed by atoms with Gasteiger partial charge in [0.25, 0.3) is 0 Å². The second-order valence-electron chi connectivity index (χ2n) is 4.42. The van der Waals surface area contributed by atoms with Gasteiger partial charge in [-0.2, -0.15) is 0 Å². The fourth-order valence-corrected chi connectivity index (χ4v) is 2.01. The Morgan fingerprint density at radius 1 is 1.35 bits per heavy atom. The van der Waals surface area contributed by atoms with Gasteiger partial charge in [-0.3, -0.25) is 0 Å². The second kappa shape index (κ2) is 4.15. The second-order valence-corrected chi connectivity index (χ2v) is 4.86. The minimum absolute atomic E-state index is 0.591. The Balaban J connectivity index is 2.15. The Morgan fingerprint density at radius 3 is 2.88 bits per heavy atom. The molecule has 0 radical (unpaired) electrons. The molecule has 1 aliphatic carbocycles. The number of hydrogen-bond donors (Lipinski definition) is 1. The summed E-state index contributed by atoms with van der Waals surface area (Å²) in [5, 5.41) is 5.23. The Labute approximate surface area is 105 Å². The van der Waals surface area contributed by atoms with Crippen LogP contribution in [0.15, 0.2) is 18.2 Å². The molecular formula is C13H14ClN3. The maximum atomic E-state index is 6.00. The summed E-state index contributed by atoms with van der Waals surface area (Å²) < 4.78 is 0. The van der Waals surface area contributed by atoms with Crippen molar-refractivity contribution in [2.24, 2.45) is 0 Å². The zero-order valence-corrected chi connectivity index (χ0v) is 10.5. The molecule has 0 atom stereocenters. The molecule has 2 aromatic rings. The summed E-state index contributed by atoms with van der Waals surface area (Å²) in [5.41, 5.74) is 0.924. The molecule has 3 rings (SSSR count). The van der Waals surface area contributed by atoms with E-state index in [1.807, 2.05) is 18.2 Å². The van der Waals surface area contributed by atoms with E-state index in [1.54, 1.807) is 0 Å². The Bertz CT molecular complexity index is 564. The Hall–Kier alpha value is -1.35. The van der Waals surface area contributed by atoms with E-state index in [-0.39, 0.29) is 0 Å². The standard InChI is InChI=1S/C13H14ClN3/c1-2-12-16-11-7-8(14)3-6-10(11)13(17-12)15-9-4-5-9/h3,6-7,9H,2,4-5H2,1H3,(H,15,16,17). The van der Waals surface area contributed by atoms with E-state index in [9.17, 15) is 0 Å². The molecule has 1 aliphatic rings. The molecule has 0 saturated heterocycles. The van der Waals surface area contributed by atoms with E-state index in [0.29, 0.717) is 6.04 Å². The lowest BCUT2D eigenvalue weighted by Gasteiger charge is -2.09. The van der Waals surface area contributed by atoms with Crippen LogP contribution in [0.1, 0.15) is 25.6 Å². The first kappa shape index (κ1) is 10.8. The van der Waals surface area contributed by atoms with Crippen LogP contribution in [0.5, 0.6) is 0 Å². The van der Waals surface area contributed by atoms with E-state index in [2.05, 4.69) is 22.2 Å². The summed E-state index contributed by atoms with van der Waals surface area (Å²) in [7, 11) is 0. The molecule has 4 heteroatoms. The van der Waals surface area contributed by atoms with Crippen LogP contribution in [-0.4, -0.2) is 16.0 Å². The lowest BCUT2D eigenvalue weighted by Crippen LogP contribution is -2.06. The molecule has 0 bridgehead atoms. The highest BCUT2D eigenvalue weighted by molar-refractivity contribution is 6.31. The first-order chi connectivity index (χ1) is 8.26. The first-order valence-corrected chi connectivity index (χ1v) is 6.37. The number of aromatic nitrogens is 2. The topological polar surface area (TPSA) is 37.8 Å². The van der Waals surface area contributed by atoms with E-state index in [4.69, 9.17) is 11.6 Å². The fraction of sp³-hybridized carbons (Fsp3) is 0.385. The van der Waals surface area contributed by atoms with Gasteiger partial charge in [0.15, 0.2) is 0 Å². The van der Waals surface area contributed by atoms with Crippen molar-refractivity contribution in [3.8, 4) is 0 Å². The number of benzene rings is 1. The lowest BCUT2D eigenvalue weighted by molar-refractivity contribution is 0.953. The molecule has 1 fully saturated rings. The summed E-state index contributed by atoms with van der Waals surface area (Å²) >= 11 is 6.00. The van der Waals surface area contributed by atoms with Crippen LogP contribution >= 0.6 is 11.6 Å². The van der Waals surface area contributed by atoms with Crippen molar-refractivity contribution < 1.29 is 0 Å². The smallest absolute Gasteiger partial charge is 0.137 e. The number of nitrogens with one attached hydrogen (secondary N) is 1. The molecule has 1 N–H and O–H groups in total. The third kappa shape index (κ3) is 2.20. The summed E-state index contributed by atoms with van der Waals surface area (Å²) in [4.78, 5) is 9.07. The SMILES string of the molecule is CCc1nc(NC2CC2)c2ccc(Cl)cc2n1. The average molecular weight is 248 g/mol. The number of fused-ring (bicyclic) bond motifs is 1. The van der Waals surface area contributed by atoms with Crippen LogP contribution in [0, 0.1) is 0 Å². The number of rotatable bonds is 3. The van der Waals surface area contributed by atoms with Gasteiger partial charge in [-0.1, -0.05) is 18.5 Å². The number of aryl methyl sites for hydroxylation is 1. The third-order valence-electron chi connectivity index (χ3n) is 2.94. The number of anilines is 1. The summed E-state index contributed by atoms with van der Waals surface area (Å²) in [5.74, 6) is 1.81. The molecule has 88 valence electrons. The molecule has 0 unspecified atom stereocenters. The molecule has 1 heterocycles. The van der Waals surface area contributed by atoms with Gasteiger partial charge in [-0.25, -0.2) is 9.97 Å². The van der Waals surface area contributed by atoms with E-state index < -0.39 is 0 Å². The van der Waals surface area contributed by atoms with Crippen LogP contribution in [0.3, 0.4) is 0 Å². The zero-order chi connectivity index (χ0) is 11.8. The predicted molar refractivity (Wildman–Crippen MR) is 70.6 cm³/mol. The van der Waals surface area contributed by atoms with Crippen LogP contribution in [0.2, 0.25) is 5.02 Å². The van der Waals surface area contributed by atoms with Crippen LogP contribution in [-0.2, 0) is 6.42 Å². The van der Waals surface area contributed by atoms with Crippen molar-refractivity contribution >= 4 is 28.3 Å². The molecule has 3 nitrogen and oxygen atoms in total. The van der Waals surface area contributed by atoms with Crippen molar-refractivity contribution in [3.05, 3.63) is 29.0 Å². The van der Waals surface area contributed by atoms with Crippen LogP contribution in [0.25, 0.3) is 10.9 Å². The largest absolute Gasteiger partial charge is 0.367 e. The van der Waals surface area contributed by atoms with Crippen molar-refractivity contribution in [1.82, 2.24) is 9.97 Å². The predicted octanol–water partition coefficient (Wildman–Crippen LogP) is 3.42. The number of halogens is 1. The Kier molecular flexibility index (Phi) is 2.63. The van der Waals surface area contributed by atoms with Gasteiger partial charge in [-0.15, -0.1) is 0 Å². The third-order valence-corrected chi connectivity index (χ3v) is 3.17. The van der Waals surface area contributed by atoms with Crippen molar-refractivity contribution in [2.45, 2.75) is 32.2 Å². The molecule has 17 heavy (non-hydrogen) atoms. The van der Waals surface area contributed by atoms with Crippen molar-refractivity contribution in [3.63, 3.8) is 0 Å². The lowest BCUT2D eigenvalue weighted by atomic mass is 10.2. The quantitative estimate of drug-likeness (QED) is 0.903. The maximum absolute atomic E-state index is 6.00. The monoisotopic (exact) mass is 247 g/mol. The van der Waals surface area contributed by atoms with Crippen LogP contribution < -0.4 is 5.32 Å². The zero-order valence-electron chi connectivity index (χ0n) is 9.70. The van der Waals surface area contributed by atoms with E-state index in [0.717, 1.165) is 34.0 Å². The van der Waals surface area contributed by atoms with Gasteiger partial charge in [0.05, 0.1) is 5.52 Å². The van der Waals surface area contributed by atoms with Gasteiger partial charge < -0.3 is 5.32 Å². The summed E-state index contributed by atoms with van der Waals surface area (Å²) in [6.07, 6.45) is 3.31. The van der Waals surface area contributed by atoms with Gasteiger partial charge in [0, 0.05) is 22.9 Å². The molecule has 0 aliphatic heterocycles. The van der Waals surface area contributed by atoms with Crippen molar-refractivity contribution in [1.29, 1.82) is 0 Å². The fourth-order valence-electron chi connectivity index (χ4n) is 1.84. The Morgan fingerprint density at radius 2 is 2.18 bits per heavy atom. The highest BCUT2D eigenvalue weighted by Crippen LogP contribution is 2.29. The molecule has 1 saturated carbocycles. The minimum Gasteiger partial charge on any atom is -0.367 e. The first-order valence-electron chi connectivity index (χ1n) is 5.99. The molecule has 1 aromatic heterocycles. The molecule has 1 aromatic carbocycles. The molecule has 0 spiro atoms. The number of nitrogens with zero attached hydrogens (tertiary/aromatic N) is 2. The summed E-state index contributed by atoms with van der Waals surface area (Å²) in [6, 6.07) is 6.36. The highest BCUT2D eigenvalue weighted by atomic mass is 35.5. The minimum atomic E-state index is 0.591. The number of hydrogen-bond acceptors (Lipinski definition) is 3. The van der Waals surface area contributed by atoms with E-state index in [1.165, 1.54) is 12.8 Å². The average Bonchev–Trinajstić information content (AvgIpc) is 3.12.